The van der Waals surface area contributed by atoms with Crippen molar-refractivity contribution in [1.82, 2.24) is 14.6 Å². The molecule has 0 spiro atoms. The average Bonchev–Trinajstić information content (AvgIpc) is 2.85. The highest BCUT2D eigenvalue weighted by atomic mass is 16.1. The van der Waals surface area contributed by atoms with E-state index in [1.807, 2.05) is 6.07 Å². The summed E-state index contributed by atoms with van der Waals surface area (Å²) in [7, 11) is 0. The fourth-order valence-corrected chi connectivity index (χ4v) is 2.44. The quantitative estimate of drug-likeness (QED) is 0.766. The van der Waals surface area contributed by atoms with E-state index in [-0.39, 0.29) is 5.56 Å². The number of hydrogen-bond donors (Lipinski definition) is 1. The lowest BCUT2D eigenvalue weighted by molar-refractivity contribution is 0.655. The van der Waals surface area contributed by atoms with Crippen molar-refractivity contribution in [3.05, 3.63) is 34.4 Å². The molecule has 2 aromatic heterocycles. The molecule has 0 bridgehead atoms. The molecule has 0 radical (unpaired) electrons. The van der Waals surface area contributed by atoms with Crippen LogP contribution in [0.25, 0.3) is 5.65 Å². The van der Waals surface area contributed by atoms with Gasteiger partial charge in [-0.2, -0.15) is 5.10 Å². The van der Waals surface area contributed by atoms with Crippen LogP contribution in [-0.4, -0.2) is 14.6 Å². The molecular formula is C11H13N3O. The van der Waals surface area contributed by atoms with Gasteiger partial charge in [0.2, 0.25) is 0 Å². The molecule has 1 aliphatic rings. The molecule has 0 unspecified atom stereocenters. The molecule has 78 valence electrons. The first-order valence-electron chi connectivity index (χ1n) is 5.42. The van der Waals surface area contributed by atoms with Crippen LogP contribution in [0.5, 0.6) is 0 Å². The zero-order chi connectivity index (χ0) is 10.3. The second-order valence-electron chi connectivity index (χ2n) is 4.15. The highest BCUT2D eigenvalue weighted by Gasteiger charge is 2.22. The van der Waals surface area contributed by atoms with Gasteiger partial charge in [-0.1, -0.05) is 18.9 Å². The van der Waals surface area contributed by atoms with Gasteiger partial charge in [0, 0.05) is 12.0 Å². The van der Waals surface area contributed by atoms with Crippen LogP contribution in [0.1, 0.15) is 37.4 Å². The van der Waals surface area contributed by atoms with Gasteiger partial charge in [-0.25, -0.2) is 4.40 Å². The van der Waals surface area contributed by atoms with E-state index in [4.69, 9.17) is 0 Å². The normalized spacial score (nSPS) is 17.6. The maximum Gasteiger partial charge on any atom is 0.257 e. The van der Waals surface area contributed by atoms with Gasteiger partial charge in [-0.15, -0.1) is 0 Å². The zero-order valence-electron chi connectivity index (χ0n) is 8.44. The monoisotopic (exact) mass is 203 g/mol. The Balaban J connectivity index is 2.22. The lowest BCUT2D eigenvalue weighted by Gasteiger charge is -2.05. The second-order valence-corrected chi connectivity index (χ2v) is 4.15. The van der Waals surface area contributed by atoms with E-state index in [9.17, 15) is 4.79 Å². The largest absolute Gasteiger partial charge is 0.269 e. The number of aromatic nitrogens is 3. The number of nitrogens with zero attached hydrogens (tertiary/aromatic N) is 2. The van der Waals surface area contributed by atoms with Gasteiger partial charge < -0.3 is 0 Å². The molecule has 1 fully saturated rings. The molecule has 1 saturated carbocycles. The molecule has 0 amide bonds. The topological polar surface area (TPSA) is 50.2 Å². The molecule has 2 heterocycles. The summed E-state index contributed by atoms with van der Waals surface area (Å²) in [5, 5.41) is 7.19. The third-order valence-corrected chi connectivity index (χ3v) is 3.19. The molecule has 1 aliphatic carbocycles. The van der Waals surface area contributed by atoms with Crippen LogP contribution in [0.15, 0.2) is 23.0 Å². The first kappa shape index (κ1) is 8.71. The highest BCUT2D eigenvalue weighted by Crippen LogP contribution is 2.32. The van der Waals surface area contributed by atoms with E-state index in [1.54, 1.807) is 16.5 Å². The van der Waals surface area contributed by atoms with Crippen LogP contribution in [0.2, 0.25) is 0 Å². The predicted molar refractivity (Wildman–Crippen MR) is 57.0 cm³/mol. The second kappa shape index (κ2) is 3.22. The Hall–Kier alpha value is -1.58. The van der Waals surface area contributed by atoms with Crippen molar-refractivity contribution in [3.8, 4) is 0 Å². The predicted octanol–water partition coefficient (Wildman–Crippen LogP) is 1.68. The van der Waals surface area contributed by atoms with Crippen molar-refractivity contribution in [3.63, 3.8) is 0 Å². The Kier molecular flexibility index (Phi) is 1.87. The minimum Gasteiger partial charge on any atom is -0.269 e. The van der Waals surface area contributed by atoms with Crippen molar-refractivity contribution in [2.75, 3.05) is 0 Å². The van der Waals surface area contributed by atoms with E-state index in [1.165, 1.54) is 12.8 Å². The molecule has 0 aromatic carbocycles. The third kappa shape index (κ3) is 1.28. The van der Waals surface area contributed by atoms with Crippen LogP contribution in [-0.2, 0) is 0 Å². The van der Waals surface area contributed by atoms with Crippen molar-refractivity contribution in [1.29, 1.82) is 0 Å². The molecule has 1 N–H and O–H groups in total. The van der Waals surface area contributed by atoms with Crippen LogP contribution in [0.3, 0.4) is 0 Å². The summed E-state index contributed by atoms with van der Waals surface area (Å²) < 4.78 is 1.70. The van der Waals surface area contributed by atoms with Gasteiger partial charge in [0.25, 0.3) is 5.56 Å². The molecule has 15 heavy (non-hydrogen) atoms. The molecular weight excluding hydrogens is 190 g/mol. The standard InChI is InChI=1S/C11H13N3O/c15-10-7-3-6-9-12-13-11(14(9)10)8-4-1-2-5-8/h3,6-8,12H,1-2,4-5H2. The van der Waals surface area contributed by atoms with Gasteiger partial charge in [0.1, 0.15) is 11.5 Å². The lowest BCUT2D eigenvalue weighted by Crippen LogP contribution is -2.14. The average molecular weight is 203 g/mol. The number of aromatic amines is 1. The highest BCUT2D eigenvalue weighted by molar-refractivity contribution is 5.37. The summed E-state index contributed by atoms with van der Waals surface area (Å²) in [6, 6.07) is 5.22. The Bertz CT molecular complexity index is 534. The SMILES string of the molecule is O=c1cccc2[nH]nc(C3CCCC3)n12. The maximum absolute atomic E-state index is 11.7. The number of pyridine rings is 1. The smallest absolute Gasteiger partial charge is 0.257 e. The third-order valence-electron chi connectivity index (χ3n) is 3.19. The van der Waals surface area contributed by atoms with E-state index < -0.39 is 0 Å². The minimum atomic E-state index is 0.0168. The number of nitrogens with one attached hydrogen (secondary N) is 1. The molecule has 4 nitrogen and oxygen atoms in total. The summed E-state index contributed by atoms with van der Waals surface area (Å²) in [5.74, 6) is 1.37. The van der Waals surface area contributed by atoms with Crippen molar-refractivity contribution in [2.45, 2.75) is 31.6 Å². The summed E-state index contributed by atoms with van der Waals surface area (Å²) in [4.78, 5) is 11.7. The van der Waals surface area contributed by atoms with E-state index >= 15 is 0 Å². The van der Waals surface area contributed by atoms with Gasteiger partial charge >= 0.3 is 0 Å². The molecule has 0 atom stereocenters. The van der Waals surface area contributed by atoms with Crippen LogP contribution < -0.4 is 5.56 Å². The van der Waals surface area contributed by atoms with Crippen LogP contribution in [0, 0.1) is 0 Å². The molecule has 2 aromatic rings. The van der Waals surface area contributed by atoms with Crippen molar-refractivity contribution < 1.29 is 0 Å². The molecule has 0 aliphatic heterocycles. The van der Waals surface area contributed by atoms with Gasteiger partial charge in [0.15, 0.2) is 0 Å². The fraction of sp³-hybridized carbons (Fsp3) is 0.455. The Morgan fingerprint density at radius 3 is 2.93 bits per heavy atom. The molecule has 3 rings (SSSR count). The summed E-state index contributed by atoms with van der Waals surface area (Å²) >= 11 is 0. The Labute approximate surface area is 86.9 Å². The fourth-order valence-electron chi connectivity index (χ4n) is 2.44. The lowest BCUT2D eigenvalue weighted by atomic mass is 10.1. The van der Waals surface area contributed by atoms with Crippen molar-refractivity contribution in [2.24, 2.45) is 0 Å². The van der Waals surface area contributed by atoms with Crippen molar-refractivity contribution >= 4 is 5.65 Å². The number of H-pyrrole nitrogens is 1. The Morgan fingerprint density at radius 2 is 2.13 bits per heavy atom. The summed E-state index contributed by atoms with van der Waals surface area (Å²) in [6.07, 6.45) is 4.81. The van der Waals surface area contributed by atoms with Crippen LogP contribution in [0.4, 0.5) is 0 Å². The van der Waals surface area contributed by atoms with Gasteiger partial charge in [-0.05, 0) is 18.9 Å². The van der Waals surface area contributed by atoms with Gasteiger partial charge in [-0.3, -0.25) is 9.89 Å². The zero-order valence-corrected chi connectivity index (χ0v) is 8.44. The maximum atomic E-state index is 11.7. The van der Waals surface area contributed by atoms with E-state index in [0.717, 1.165) is 24.3 Å². The molecule has 0 saturated heterocycles. The number of rotatable bonds is 1. The molecule has 4 heteroatoms. The minimum absolute atomic E-state index is 0.0168. The summed E-state index contributed by atoms with van der Waals surface area (Å²) in [5.41, 5.74) is 0.813. The van der Waals surface area contributed by atoms with Gasteiger partial charge in [0.05, 0.1) is 0 Å². The first-order valence-corrected chi connectivity index (χ1v) is 5.42. The van der Waals surface area contributed by atoms with E-state index in [0.29, 0.717) is 5.92 Å². The first-order chi connectivity index (χ1) is 7.36. The van der Waals surface area contributed by atoms with E-state index in [2.05, 4.69) is 10.2 Å². The number of hydrogen-bond acceptors (Lipinski definition) is 2. The Morgan fingerprint density at radius 1 is 1.33 bits per heavy atom. The summed E-state index contributed by atoms with van der Waals surface area (Å²) in [6.45, 7) is 0. The van der Waals surface area contributed by atoms with Crippen LogP contribution >= 0.6 is 0 Å². The number of fused-ring (bicyclic) bond motifs is 1.